The Labute approximate surface area is 104 Å². The number of rotatable bonds is 4. The van der Waals surface area contributed by atoms with Gasteiger partial charge in [0.05, 0.1) is 0 Å². The molecule has 2 aliphatic rings. The summed E-state index contributed by atoms with van der Waals surface area (Å²) in [5, 5.41) is 0. The highest BCUT2D eigenvalue weighted by atomic mass is 32.2. The number of thioether (sulfide) groups is 1. The van der Waals surface area contributed by atoms with E-state index in [9.17, 15) is 0 Å². The fourth-order valence-electron chi connectivity index (χ4n) is 2.90. The lowest BCUT2D eigenvalue weighted by Crippen LogP contribution is -2.60. The van der Waals surface area contributed by atoms with Crippen LogP contribution in [0.2, 0.25) is 0 Å². The molecule has 2 N–H and O–H groups in total. The molecule has 0 aromatic heterocycles. The molecule has 0 aliphatic carbocycles. The number of hydrogen-bond donors (Lipinski definition) is 1. The lowest BCUT2D eigenvalue weighted by Gasteiger charge is -2.45. The van der Waals surface area contributed by atoms with E-state index in [1.807, 2.05) is 0 Å². The van der Waals surface area contributed by atoms with E-state index in [0.717, 1.165) is 6.54 Å². The van der Waals surface area contributed by atoms with E-state index in [1.165, 1.54) is 57.1 Å². The molecule has 0 bridgehead atoms. The van der Waals surface area contributed by atoms with Gasteiger partial charge in [-0.2, -0.15) is 11.8 Å². The Kier molecular flexibility index (Phi) is 4.53. The molecule has 1 atom stereocenters. The molecule has 2 rings (SSSR count). The molecule has 3 nitrogen and oxygen atoms in total. The van der Waals surface area contributed by atoms with Crippen molar-refractivity contribution in [1.82, 2.24) is 9.80 Å². The van der Waals surface area contributed by atoms with Gasteiger partial charge in [-0.3, -0.25) is 4.90 Å². The molecule has 0 radical (unpaired) electrons. The van der Waals surface area contributed by atoms with Crippen LogP contribution in [0.4, 0.5) is 0 Å². The van der Waals surface area contributed by atoms with E-state index in [0.29, 0.717) is 5.54 Å². The first-order chi connectivity index (χ1) is 7.80. The van der Waals surface area contributed by atoms with Crippen LogP contribution in [-0.4, -0.2) is 66.1 Å². The van der Waals surface area contributed by atoms with Crippen LogP contribution < -0.4 is 5.73 Å². The smallest absolute Gasteiger partial charge is 0.0430 e. The van der Waals surface area contributed by atoms with Gasteiger partial charge in [0.2, 0.25) is 0 Å². The van der Waals surface area contributed by atoms with Gasteiger partial charge >= 0.3 is 0 Å². The minimum absolute atomic E-state index is 0.336. The zero-order chi connectivity index (χ0) is 11.4. The van der Waals surface area contributed by atoms with Gasteiger partial charge in [0.25, 0.3) is 0 Å². The van der Waals surface area contributed by atoms with Crippen molar-refractivity contribution in [3.05, 3.63) is 0 Å². The zero-order valence-corrected chi connectivity index (χ0v) is 11.3. The van der Waals surface area contributed by atoms with Crippen LogP contribution >= 0.6 is 11.8 Å². The third-order valence-corrected chi connectivity index (χ3v) is 5.28. The summed E-state index contributed by atoms with van der Waals surface area (Å²) in [5.74, 6) is 2.55. The Balaban J connectivity index is 1.87. The number of hydrogen-bond acceptors (Lipinski definition) is 4. The fraction of sp³-hybridized carbons (Fsp3) is 1.00. The second kappa shape index (κ2) is 5.71. The lowest BCUT2D eigenvalue weighted by molar-refractivity contribution is 0.0508. The Morgan fingerprint density at radius 2 is 2.00 bits per heavy atom. The van der Waals surface area contributed by atoms with Gasteiger partial charge in [-0.05, 0) is 25.1 Å². The number of piperazine rings is 1. The van der Waals surface area contributed by atoms with Gasteiger partial charge < -0.3 is 10.6 Å². The van der Waals surface area contributed by atoms with Gasteiger partial charge in [-0.25, -0.2) is 0 Å². The Bertz CT molecular complexity index is 208. The van der Waals surface area contributed by atoms with Crippen molar-refractivity contribution >= 4 is 11.8 Å². The summed E-state index contributed by atoms with van der Waals surface area (Å²) in [4.78, 5) is 5.25. The maximum absolute atomic E-state index is 6.02. The molecule has 0 amide bonds. The van der Waals surface area contributed by atoms with Crippen molar-refractivity contribution in [2.75, 3.05) is 50.8 Å². The number of nitrogens with zero attached hydrogens (tertiary/aromatic N) is 2. The lowest BCUT2D eigenvalue weighted by atomic mass is 9.95. The predicted octanol–water partition coefficient (Wildman–Crippen LogP) is 0.848. The van der Waals surface area contributed by atoms with E-state index in [4.69, 9.17) is 5.73 Å². The SMILES string of the molecule is CCCN1CCN(C2(CN)CCSC2)CC1. The van der Waals surface area contributed by atoms with Crippen molar-refractivity contribution in [3.63, 3.8) is 0 Å². The largest absolute Gasteiger partial charge is 0.329 e. The fourth-order valence-corrected chi connectivity index (χ4v) is 4.39. The van der Waals surface area contributed by atoms with Gasteiger partial charge in [0.15, 0.2) is 0 Å². The zero-order valence-electron chi connectivity index (χ0n) is 10.5. The van der Waals surface area contributed by atoms with Crippen LogP contribution in [0, 0.1) is 0 Å². The third kappa shape index (κ3) is 2.55. The van der Waals surface area contributed by atoms with Crippen LogP contribution in [0.3, 0.4) is 0 Å². The molecule has 0 spiro atoms. The Morgan fingerprint density at radius 3 is 2.50 bits per heavy atom. The Hall–Kier alpha value is 0.230. The van der Waals surface area contributed by atoms with Crippen LogP contribution in [0.5, 0.6) is 0 Å². The van der Waals surface area contributed by atoms with Crippen LogP contribution in [0.25, 0.3) is 0 Å². The van der Waals surface area contributed by atoms with E-state index >= 15 is 0 Å². The molecule has 2 saturated heterocycles. The van der Waals surface area contributed by atoms with Crippen molar-refractivity contribution in [1.29, 1.82) is 0 Å². The van der Waals surface area contributed by atoms with Crippen molar-refractivity contribution < 1.29 is 0 Å². The molecule has 4 heteroatoms. The van der Waals surface area contributed by atoms with E-state index in [2.05, 4.69) is 28.5 Å². The summed E-state index contributed by atoms with van der Waals surface area (Å²) >= 11 is 2.08. The van der Waals surface area contributed by atoms with E-state index in [-0.39, 0.29) is 0 Å². The molecule has 2 fully saturated rings. The van der Waals surface area contributed by atoms with Crippen LogP contribution in [-0.2, 0) is 0 Å². The predicted molar refractivity (Wildman–Crippen MR) is 72.0 cm³/mol. The van der Waals surface area contributed by atoms with Gasteiger partial charge in [-0.1, -0.05) is 6.92 Å². The van der Waals surface area contributed by atoms with Gasteiger partial charge in [0, 0.05) is 44.0 Å². The van der Waals surface area contributed by atoms with E-state index < -0.39 is 0 Å². The summed E-state index contributed by atoms with van der Waals surface area (Å²) in [6.45, 7) is 9.28. The first-order valence-electron chi connectivity index (χ1n) is 6.56. The summed E-state index contributed by atoms with van der Waals surface area (Å²) in [6.07, 6.45) is 2.57. The average molecular weight is 243 g/mol. The molecular formula is C12H25N3S. The second-order valence-electron chi connectivity index (χ2n) is 5.06. The summed E-state index contributed by atoms with van der Waals surface area (Å²) in [6, 6.07) is 0. The maximum atomic E-state index is 6.02. The van der Waals surface area contributed by atoms with Crippen LogP contribution in [0.15, 0.2) is 0 Å². The van der Waals surface area contributed by atoms with Gasteiger partial charge in [0.1, 0.15) is 0 Å². The highest BCUT2D eigenvalue weighted by Gasteiger charge is 2.39. The van der Waals surface area contributed by atoms with Crippen molar-refractivity contribution in [3.8, 4) is 0 Å². The topological polar surface area (TPSA) is 32.5 Å². The first-order valence-corrected chi connectivity index (χ1v) is 7.71. The third-order valence-electron chi connectivity index (χ3n) is 4.05. The molecule has 2 aliphatic heterocycles. The molecule has 2 heterocycles. The summed E-state index contributed by atoms with van der Waals surface area (Å²) < 4.78 is 0. The normalized spacial score (nSPS) is 33.4. The van der Waals surface area contributed by atoms with Crippen LogP contribution in [0.1, 0.15) is 19.8 Å². The summed E-state index contributed by atoms with van der Waals surface area (Å²) in [7, 11) is 0. The molecule has 1 unspecified atom stereocenters. The highest BCUT2D eigenvalue weighted by Crippen LogP contribution is 2.33. The average Bonchev–Trinajstić information content (AvgIpc) is 2.80. The van der Waals surface area contributed by atoms with Gasteiger partial charge in [-0.15, -0.1) is 0 Å². The van der Waals surface area contributed by atoms with Crippen molar-refractivity contribution in [2.24, 2.45) is 5.73 Å². The Morgan fingerprint density at radius 1 is 1.25 bits per heavy atom. The monoisotopic (exact) mass is 243 g/mol. The quantitative estimate of drug-likeness (QED) is 0.793. The van der Waals surface area contributed by atoms with Crippen molar-refractivity contribution in [2.45, 2.75) is 25.3 Å². The maximum Gasteiger partial charge on any atom is 0.0430 e. The first kappa shape index (κ1) is 12.7. The molecule has 94 valence electrons. The molecule has 0 aromatic carbocycles. The van der Waals surface area contributed by atoms with E-state index in [1.54, 1.807) is 0 Å². The molecule has 0 saturated carbocycles. The highest BCUT2D eigenvalue weighted by molar-refractivity contribution is 7.99. The molecule has 0 aromatic rings. The molecular weight excluding hydrogens is 218 g/mol. The summed E-state index contributed by atoms with van der Waals surface area (Å²) in [5.41, 5.74) is 6.36. The molecule has 16 heavy (non-hydrogen) atoms. The number of nitrogens with two attached hydrogens (primary N) is 1. The second-order valence-corrected chi connectivity index (χ2v) is 6.16. The minimum atomic E-state index is 0.336. The standard InChI is InChI=1S/C12H25N3S/c1-2-4-14-5-7-15(8-6-14)12(10-13)3-9-16-11-12/h2-11,13H2,1H3. The minimum Gasteiger partial charge on any atom is -0.329 e.